The molecule has 0 aliphatic carbocycles. The SMILES string of the molecule is COCC(CCO)NC(=O)c1nn[nH]n1. The van der Waals surface area contributed by atoms with Crippen LogP contribution in [0.3, 0.4) is 0 Å². The van der Waals surface area contributed by atoms with Gasteiger partial charge in [0.05, 0.1) is 12.6 Å². The summed E-state index contributed by atoms with van der Waals surface area (Å²) in [6.45, 7) is 0.296. The Bertz CT molecular complexity index is 283. The fourth-order valence-corrected chi connectivity index (χ4v) is 1.06. The average Bonchev–Trinajstić information content (AvgIpc) is 2.71. The van der Waals surface area contributed by atoms with E-state index in [-0.39, 0.29) is 18.5 Å². The van der Waals surface area contributed by atoms with Gasteiger partial charge in [-0.05, 0) is 11.6 Å². The van der Waals surface area contributed by atoms with Crippen molar-refractivity contribution in [3.8, 4) is 0 Å². The van der Waals surface area contributed by atoms with E-state index in [1.807, 2.05) is 0 Å². The van der Waals surface area contributed by atoms with Crippen molar-refractivity contribution in [1.29, 1.82) is 0 Å². The number of hydrogen-bond donors (Lipinski definition) is 3. The summed E-state index contributed by atoms with van der Waals surface area (Å²) in [4.78, 5) is 11.4. The number of rotatable bonds is 6. The third-order valence-corrected chi connectivity index (χ3v) is 1.73. The molecule has 84 valence electrons. The smallest absolute Gasteiger partial charge is 0.293 e. The lowest BCUT2D eigenvalue weighted by atomic mass is 10.2. The number of nitrogens with one attached hydrogen (secondary N) is 2. The second kappa shape index (κ2) is 6.04. The molecule has 8 nitrogen and oxygen atoms in total. The summed E-state index contributed by atoms with van der Waals surface area (Å²) >= 11 is 0. The Labute approximate surface area is 86.0 Å². The van der Waals surface area contributed by atoms with Crippen LogP contribution >= 0.6 is 0 Å². The highest BCUT2D eigenvalue weighted by Gasteiger charge is 2.16. The van der Waals surface area contributed by atoms with Gasteiger partial charge in [0.25, 0.3) is 11.7 Å². The number of hydrogen-bond acceptors (Lipinski definition) is 6. The number of nitrogens with zero attached hydrogens (tertiary/aromatic N) is 3. The number of methoxy groups -OCH3 is 1. The van der Waals surface area contributed by atoms with E-state index in [1.54, 1.807) is 0 Å². The summed E-state index contributed by atoms with van der Waals surface area (Å²) < 4.78 is 4.88. The molecule has 0 spiro atoms. The van der Waals surface area contributed by atoms with E-state index in [2.05, 4.69) is 25.9 Å². The molecule has 0 fully saturated rings. The van der Waals surface area contributed by atoms with Crippen LogP contribution in [0, 0.1) is 0 Å². The van der Waals surface area contributed by atoms with Gasteiger partial charge in [-0.1, -0.05) is 0 Å². The lowest BCUT2D eigenvalue weighted by Crippen LogP contribution is -2.39. The van der Waals surface area contributed by atoms with E-state index < -0.39 is 5.91 Å². The van der Waals surface area contributed by atoms with E-state index in [0.717, 1.165) is 0 Å². The molecule has 1 aromatic rings. The zero-order valence-corrected chi connectivity index (χ0v) is 8.30. The number of H-pyrrole nitrogens is 1. The molecule has 0 saturated heterocycles. The van der Waals surface area contributed by atoms with Gasteiger partial charge in [-0.25, -0.2) is 0 Å². The highest BCUT2D eigenvalue weighted by molar-refractivity contribution is 5.90. The first-order valence-corrected chi connectivity index (χ1v) is 4.42. The van der Waals surface area contributed by atoms with Crippen molar-refractivity contribution in [3.05, 3.63) is 5.82 Å². The van der Waals surface area contributed by atoms with Gasteiger partial charge in [0.15, 0.2) is 0 Å². The van der Waals surface area contributed by atoms with Crippen LogP contribution in [0.2, 0.25) is 0 Å². The summed E-state index contributed by atoms with van der Waals surface area (Å²) in [5.41, 5.74) is 0. The first kappa shape index (κ1) is 11.5. The minimum atomic E-state index is -0.445. The maximum Gasteiger partial charge on any atom is 0.293 e. The molecule has 0 aliphatic rings. The van der Waals surface area contributed by atoms with Crippen molar-refractivity contribution in [2.75, 3.05) is 20.3 Å². The predicted molar refractivity (Wildman–Crippen MR) is 49.0 cm³/mol. The molecular formula is C7H13N5O3. The molecule has 8 heteroatoms. The topological polar surface area (TPSA) is 113 Å². The van der Waals surface area contributed by atoms with Gasteiger partial charge >= 0.3 is 0 Å². The van der Waals surface area contributed by atoms with Gasteiger partial charge in [-0.2, -0.15) is 5.21 Å². The van der Waals surface area contributed by atoms with Gasteiger partial charge in [0, 0.05) is 13.7 Å². The fourth-order valence-electron chi connectivity index (χ4n) is 1.06. The van der Waals surface area contributed by atoms with Crippen molar-refractivity contribution >= 4 is 5.91 Å². The molecule has 1 heterocycles. The van der Waals surface area contributed by atoms with Crippen LogP contribution in [0.1, 0.15) is 17.0 Å². The van der Waals surface area contributed by atoms with Gasteiger partial charge < -0.3 is 15.2 Å². The maximum absolute atomic E-state index is 11.4. The molecule has 1 unspecified atom stereocenters. The number of carbonyl (C=O) groups is 1. The Morgan fingerprint density at radius 2 is 2.53 bits per heavy atom. The average molecular weight is 215 g/mol. The summed E-state index contributed by atoms with van der Waals surface area (Å²) in [5.74, 6) is -0.478. The molecule has 0 aromatic carbocycles. The Morgan fingerprint density at radius 1 is 1.73 bits per heavy atom. The normalized spacial score (nSPS) is 12.4. The molecule has 0 bridgehead atoms. The maximum atomic E-state index is 11.4. The van der Waals surface area contributed by atoms with E-state index >= 15 is 0 Å². The van der Waals surface area contributed by atoms with E-state index in [1.165, 1.54) is 7.11 Å². The number of aromatic amines is 1. The molecule has 0 saturated carbocycles. The standard InChI is InChI=1S/C7H13N5O3/c1-15-4-5(2-3-13)8-7(14)6-9-11-12-10-6/h5,13H,2-4H2,1H3,(H,8,14)(H,9,10,11,12). The van der Waals surface area contributed by atoms with Crippen LogP contribution in [0.15, 0.2) is 0 Å². The molecule has 1 rings (SSSR count). The van der Waals surface area contributed by atoms with E-state index in [9.17, 15) is 4.79 Å². The second-order valence-electron chi connectivity index (χ2n) is 2.87. The zero-order valence-electron chi connectivity index (χ0n) is 8.30. The van der Waals surface area contributed by atoms with Crippen molar-refractivity contribution in [1.82, 2.24) is 25.9 Å². The molecule has 0 radical (unpaired) electrons. The summed E-state index contributed by atoms with van der Waals surface area (Å²) in [6, 6.07) is -0.258. The number of amides is 1. The van der Waals surface area contributed by atoms with Gasteiger partial charge in [-0.15, -0.1) is 10.2 Å². The van der Waals surface area contributed by atoms with Gasteiger partial charge in [-0.3, -0.25) is 4.79 Å². The first-order chi connectivity index (χ1) is 7.27. The molecule has 1 aromatic heterocycles. The highest BCUT2D eigenvalue weighted by atomic mass is 16.5. The molecule has 15 heavy (non-hydrogen) atoms. The number of tetrazole rings is 1. The number of ether oxygens (including phenoxy) is 1. The van der Waals surface area contributed by atoms with E-state index in [0.29, 0.717) is 13.0 Å². The summed E-state index contributed by atoms with van der Waals surface area (Å²) in [5, 5.41) is 23.9. The third kappa shape index (κ3) is 3.60. The van der Waals surface area contributed by atoms with Gasteiger partial charge in [0.2, 0.25) is 0 Å². The minimum absolute atomic E-state index is 0.0272. The summed E-state index contributed by atoms with van der Waals surface area (Å²) in [7, 11) is 1.52. The Morgan fingerprint density at radius 3 is 3.07 bits per heavy atom. The molecule has 1 amide bonds. The molecule has 1 atom stereocenters. The molecule has 3 N–H and O–H groups in total. The summed E-state index contributed by atoms with van der Waals surface area (Å²) in [6.07, 6.45) is 0.414. The minimum Gasteiger partial charge on any atom is -0.396 e. The lowest BCUT2D eigenvalue weighted by Gasteiger charge is -2.15. The van der Waals surface area contributed by atoms with Crippen LogP contribution in [-0.2, 0) is 4.74 Å². The zero-order chi connectivity index (χ0) is 11.1. The number of carbonyl (C=O) groups excluding carboxylic acids is 1. The largest absolute Gasteiger partial charge is 0.396 e. The second-order valence-corrected chi connectivity index (χ2v) is 2.87. The van der Waals surface area contributed by atoms with Crippen molar-refractivity contribution < 1.29 is 14.6 Å². The Kier molecular flexibility index (Phi) is 4.64. The van der Waals surface area contributed by atoms with Crippen LogP contribution in [-0.4, -0.2) is 58.0 Å². The van der Waals surface area contributed by atoms with Crippen LogP contribution in [0.5, 0.6) is 0 Å². The number of aliphatic hydroxyl groups is 1. The highest BCUT2D eigenvalue weighted by Crippen LogP contribution is 1.94. The lowest BCUT2D eigenvalue weighted by molar-refractivity contribution is 0.0868. The third-order valence-electron chi connectivity index (χ3n) is 1.73. The molecular weight excluding hydrogens is 202 g/mol. The van der Waals surface area contributed by atoms with E-state index in [4.69, 9.17) is 9.84 Å². The Balaban J connectivity index is 2.47. The predicted octanol–water partition coefficient (Wildman–Crippen LogP) is -1.67. The Hall–Kier alpha value is -1.54. The van der Waals surface area contributed by atoms with Crippen molar-refractivity contribution in [2.45, 2.75) is 12.5 Å². The van der Waals surface area contributed by atoms with Crippen LogP contribution < -0.4 is 5.32 Å². The van der Waals surface area contributed by atoms with Gasteiger partial charge in [0.1, 0.15) is 0 Å². The monoisotopic (exact) mass is 215 g/mol. The number of aliphatic hydroxyl groups excluding tert-OH is 1. The van der Waals surface area contributed by atoms with Crippen LogP contribution in [0.25, 0.3) is 0 Å². The first-order valence-electron chi connectivity index (χ1n) is 4.42. The molecule has 0 aliphatic heterocycles. The fraction of sp³-hybridized carbons (Fsp3) is 0.714. The van der Waals surface area contributed by atoms with Crippen molar-refractivity contribution in [3.63, 3.8) is 0 Å². The van der Waals surface area contributed by atoms with Crippen LogP contribution in [0.4, 0.5) is 0 Å². The quantitative estimate of drug-likeness (QED) is 0.522. The number of aromatic nitrogens is 4. The van der Waals surface area contributed by atoms with Crippen molar-refractivity contribution in [2.24, 2.45) is 0 Å².